The van der Waals surface area contributed by atoms with Crippen LogP contribution in [0.25, 0.3) is 0 Å². The van der Waals surface area contributed by atoms with Crippen molar-refractivity contribution in [3.05, 3.63) is 53.9 Å². The number of hydrogen-bond donors (Lipinski definition) is 0. The fraction of sp³-hybridized carbons (Fsp3) is 0.500. The Hall–Kier alpha value is 0.103. The Balaban J connectivity index is 0.000000331. The van der Waals surface area contributed by atoms with E-state index in [2.05, 4.69) is 58.9 Å². The van der Waals surface area contributed by atoms with Gasteiger partial charge in [0.1, 0.15) is 0 Å². The summed E-state index contributed by atoms with van der Waals surface area (Å²) in [4.78, 5) is 0. The average molecular weight is 346 g/mol. The van der Waals surface area contributed by atoms with Crippen LogP contribution in [0.1, 0.15) is 60.3 Å². The summed E-state index contributed by atoms with van der Waals surface area (Å²) in [5, 5.41) is 0. The van der Waals surface area contributed by atoms with Gasteiger partial charge < -0.3 is 0 Å². The Labute approximate surface area is 133 Å². The summed E-state index contributed by atoms with van der Waals surface area (Å²) in [6.07, 6.45) is 14.0. The summed E-state index contributed by atoms with van der Waals surface area (Å²) in [5.74, 6) is 7.34. The molecule has 6 radical (unpaired) electrons. The van der Waals surface area contributed by atoms with Crippen LogP contribution in [0.2, 0.25) is 0 Å². The van der Waals surface area contributed by atoms with Gasteiger partial charge in [0.25, 0.3) is 0 Å². The normalized spacial score (nSPS) is 26.8. The maximum Gasteiger partial charge on any atom is 0 e. The van der Waals surface area contributed by atoms with E-state index in [9.17, 15) is 0 Å². The molecular weight excluding hydrogens is 319 g/mol. The first-order valence-corrected chi connectivity index (χ1v) is 7.05. The van der Waals surface area contributed by atoms with Crippen LogP contribution < -0.4 is 0 Å². The van der Waals surface area contributed by atoms with Gasteiger partial charge in [-0.3, -0.25) is 0 Å². The van der Waals surface area contributed by atoms with Gasteiger partial charge in [-0.25, -0.2) is 0 Å². The Bertz CT molecular complexity index is 209. The molecule has 0 spiro atoms. The van der Waals surface area contributed by atoms with Gasteiger partial charge >= 0.3 is 0 Å². The number of allylic oxidation sites excluding steroid dienone is 4. The van der Waals surface area contributed by atoms with E-state index in [0.717, 1.165) is 0 Å². The second-order valence-electron chi connectivity index (χ2n) is 5.22. The van der Waals surface area contributed by atoms with E-state index in [-0.39, 0.29) is 19.5 Å². The predicted molar refractivity (Wildman–Crippen MR) is 81.3 cm³/mol. The Morgan fingerprint density at radius 1 is 0.474 bits per heavy atom. The van der Waals surface area contributed by atoms with Crippen molar-refractivity contribution in [2.45, 2.75) is 60.3 Å². The smallest absolute Gasteiger partial charge is 0 e. The second kappa shape index (κ2) is 9.92. The molecule has 0 aliphatic heterocycles. The Kier molecular flexibility index (Phi) is 9.98. The van der Waals surface area contributed by atoms with Crippen LogP contribution in [0.15, 0.2) is 24.3 Å². The van der Waals surface area contributed by atoms with Gasteiger partial charge in [0.15, 0.2) is 0 Å². The molecule has 2 aliphatic rings. The molecule has 1 fully saturated rings. The van der Waals surface area contributed by atoms with Gasteiger partial charge in [-0.1, -0.05) is 58.9 Å². The van der Waals surface area contributed by atoms with E-state index < -0.39 is 0 Å². The molecule has 1 saturated carbocycles. The topological polar surface area (TPSA) is 0 Å². The summed E-state index contributed by atoms with van der Waals surface area (Å²) in [7, 11) is 0. The van der Waals surface area contributed by atoms with Crippen molar-refractivity contribution in [3.8, 4) is 0 Å². The minimum atomic E-state index is 0. The van der Waals surface area contributed by atoms with Gasteiger partial charge in [0.05, 0.1) is 0 Å². The molecule has 0 saturated heterocycles. The summed E-state index contributed by atoms with van der Waals surface area (Å²) in [5.41, 5.74) is 0. The van der Waals surface area contributed by atoms with E-state index in [1.807, 2.05) is 0 Å². The largest absolute Gasteiger partial charge is 0.0882 e. The zero-order chi connectivity index (χ0) is 13.5. The monoisotopic (exact) mass is 346 g/mol. The molecule has 19 heavy (non-hydrogen) atoms. The molecule has 0 N–H and O–H groups in total. The molecule has 2 aliphatic carbocycles. The molecule has 0 atom stereocenters. The van der Waals surface area contributed by atoms with Gasteiger partial charge in [-0.05, 0) is 55.3 Å². The quantitative estimate of drug-likeness (QED) is 0.393. The van der Waals surface area contributed by atoms with Crippen LogP contribution in [-0.2, 0) is 19.5 Å². The number of hydrogen-bond acceptors (Lipinski definition) is 0. The SMILES string of the molecule is C1=C\CC/C=C\CC/1.C[C]1[C](C)[C](C)[C](C)[C]1C.[Rh]. The molecule has 0 aromatic heterocycles. The third-order valence-electron chi connectivity index (χ3n) is 4.15. The minimum absolute atomic E-state index is 0. The molecular formula is C18H27Rh. The van der Waals surface area contributed by atoms with Crippen LogP contribution >= 0.6 is 0 Å². The fourth-order valence-electron chi connectivity index (χ4n) is 2.26. The van der Waals surface area contributed by atoms with Crippen molar-refractivity contribution in [2.75, 3.05) is 0 Å². The standard InChI is InChI=1S/C10H15.C8H12.Rh/c1-6-7(2)9(4)10(5)8(6)3;1-2-4-6-8-7-5-3-1;/h1-5H3;1-2,7-8H,3-6H2;/b;2-1-,8-7-;. The first kappa shape index (κ1) is 19.1. The molecule has 0 bridgehead atoms. The van der Waals surface area contributed by atoms with E-state index in [1.165, 1.54) is 55.3 Å². The molecule has 108 valence electrons. The second-order valence-corrected chi connectivity index (χ2v) is 5.22. The fourth-order valence-corrected chi connectivity index (χ4v) is 2.26. The Morgan fingerprint density at radius 2 is 0.632 bits per heavy atom. The molecule has 1 heteroatoms. The number of rotatable bonds is 0. The van der Waals surface area contributed by atoms with Crippen LogP contribution in [0.5, 0.6) is 0 Å². The Morgan fingerprint density at radius 3 is 0.789 bits per heavy atom. The zero-order valence-electron chi connectivity index (χ0n) is 13.0. The van der Waals surface area contributed by atoms with Gasteiger partial charge in [0, 0.05) is 19.5 Å². The molecule has 0 unspecified atom stereocenters. The van der Waals surface area contributed by atoms with Gasteiger partial charge in [-0.2, -0.15) is 0 Å². The maximum atomic E-state index is 2.27. The summed E-state index contributed by atoms with van der Waals surface area (Å²) in [6.45, 7) is 11.0. The van der Waals surface area contributed by atoms with Crippen molar-refractivity contribution < 1.29 is 19.5 Å². The zero-order valence-corrected chi connectivity index (χ0v) is 14.6. The van der Waals surface area contributed by atoms with E-state index >= 15 is 0 Å². The van der Waals surface area contributed by atoms with E-state index in [4.69, 9.17) is 0 Å². The third-order valence-corrected chi connectivity index (χ3v) is 4.15. The molecule has 0 nitrogen and oxygen atoms in total. The predicted octanol–water partition coefficient (Wildman–Crippen LogP) is 5.64. The van der Waals surface area contributed by atoms with Crippen LogP contribution in [-0.4, -0.2) is 0 Å². The molecule has 2 rings (SSSR count). The summed E-state index contributed by atoms with van der Waals surface area (Å²) >= 11 is 0. The van der Waals surface area contributed by atoms with E-state index in [1.54, 1.807) is 0 Å². The van der Waals surface area contributed by atoms with Crippen molar-refractivity contribution in [3.63, 3.8) is 0 Å². The van der Waals surface area contributed by atoms with Crippen LogP contribution in [0.4, 0.5) is 0 Å². The summed E-state index contributed by atoms with van der Waals surface area (Å²) in [6, 6.07) is 0. The maximum absolute atomic E-state index is 2.27. The van der Waals surface area contributed by atoms with E-state index in [0.29, 0.717) is 0 Å². The molecule has 0 aromatic carbocycles. The minimum Gasteiger partial charge on any atom is -0.0882 e. The first-order valence-electron chi connectivity index (χ1n) is 7.05. The van der Waals surface area contributed by atoms with Crippen LogP contribution in [0.3, 0.4) is 0 Å². The van der Waals surface area contributed by atoms with Crippen molar-refractivity contribution in [1.82, 2.24) is 0 Å². The van der Waals surface area contributed by atoms with Crippen LogP contribution in [0, 0.1) is 29.6 Å². The van der Waals surface area contributed by atoms with Crippen molar-refractivity contribution in [1.29, 1.82) is 0 Å². The molecule has 0 aromatic rings. The van der Waals surface area contributed by atoms with Gasteiger partial charge in [0.2, 0.25) is 0 Å². The van der Waals surface area contributed by atoms with Crippen molar-refractivity contribution >= 4 is 0 Å². The summed E-state index contributed by atoms with van der Waals surface area (Å²) < 4.78 is 0. The molecule has 0 amide bonds. The third kappa shape index (κ3) is 5.94. The first-order chi connectivity index (χ1) is 8.55. The average Bonchev–Trinajstić information content (AvgIpc) is 2.48. The van der Waals surface area contributed by atoms with Gasteiger partial charge in [-0.15, -0.1) is 0 Å². The van der Waals surface area contributed by atoms with Crippen molar-refractivity contribution in [2.24, 2.45) is 0 Å². The molecule has 0 heterocycles.